The summed E-state index contributed by atoms with van der Waals surface area (Å²) in [4.78, 5) is 0. The van der Waals surface area contributed by atoms with Gasteiger partial charge in [0.2, 0.25) is 0 Å². The Hall–Kier alpha value is -3.00. The summed E-state index contributed by atoms with van der Waals surface area (Å²) in [6, 6.07) is 22.0. The molecule has 0 heterocycles. The lowest BCUT2D eigenvalue weighted by molar-refractivity contribution is 0.358. The zero-order valence-electron chi connectivity index (χ0n) is 18.3. The topological polar surface area (TPSA) is 18.5 Å². The zero-order valence-corrected chi connectivity index (χ0v) is 18.3. The van der Waals surface area contributed by atoms with E-state index in [1.165, 1.54) is 63.1 Å². The van der Waals surface area contributed by atoms with E-state index in [2.05, 4.69) is 60.7 Å². The van der Waals surface area contributed by atoms with Gasteiger partial charge >= 0.3 is 0 Å². The maximum absolute atomic E-state index is 6.02. The van der Waals surface area contributed by atoms with Gasteiger partial charge in [-0.3, -0.25) is 0 Å². The van der Waals surface area contributed by atoms with E-state index in [4.69, 9.17) is 9.47 Å². The van der Waals surface area contributed by atoms with Crippen molar-refractivity contribution in [1.29, 1.82) is 0 Å². The third kappa shape index (κ3) is 2.85. The third-order valence-electron chi connectivity index (χ3n) is 7.67. The lowest BCUT2D eigenvalue weighted by atomic mass is 9.75. The summed E-state index contributed by atoms with van der Waals surface area (Å²) >= 11 is 0. The second kappa shape index (κ2) is 7.30. The highest BCUT2D eigenvalue weighted by Crippen LogP contribution is 2.51. The van der Waals surface area contributed by atoms with Crippen LogP contribution in [0.5, 0.6) is 11.5 Å². The van der Waals surface area contributed by atoms with Gasteiger partial charge in [0.25, 0.3) is 0 Å². The fourth-order valence-electron chi connectivity index (χ4n) is 6.25. The molecule has 6 rings (SSSR count). The van der Waals surface area contributed by atoms with Crippen LogP contribution in [0.4, 0.5) is 0 Å². The lowest BCUT2D eigenvalue weighted by Crippen LogP contribution is -2.18. The van der Waals surface area contributed by atoms with E-state index in [-0.39, 0.29) is 0 Å². The van der Waals surface area contributed by atoms with Crippen molar-refractivity contribution in [1.82, 2.24) is 0 Å². The van der Waals surface area contributed by atoms with E-state index in [0.29, 0.717) is 11.8 Å². The number of fused-ring (bicyclic) bond motifs is 8. The smallest absolute Gasteiger partial charge is 0.123 e. The Morgan fingerprint density at radius 3 is 1.55 bits per heavy atom. The molecule has 31 heavy (non-hydrogen) atoms. The summed E-state index contributed by atoms with van der Waals surface area (Å²) in [6.07, 6.45) is 6.14. The fourth-order valence-corrected chi connectivity index (χ4v) is 6.25. The normalized spacial score (nSPS) is 19.9. The van der Waals surface area contributed by atoms with E-state index in [0.717, 1.165) is 24.3 Å². The van der Waals surface area contributed by atoms with E-state index < -0.39 is 0 Å². The molecule has 2 nitrogen and oxygen atoms in total. The third-order valence-corrected chi connectivity index (χ3v) is 7.67. The van der Waals surface area contributed by atoms with Gasteiger partial charge in [-0.25, -0.2) is 0 Å². The molecule has 4 aromatic rings. The number of methoxy groups -OCH3 is 2. The Morgan fingerprint density at radius 1 is 0.645 bits per heavy atom. The van der Waals surface area contributed by atoms with Gasteiger partial charge in [0, 0.05) is 11.1 Å². The Labute approximate surface area is 183 Å². The van der Waals surface area contributed by atoms with E-state index >= 15 is 0 Å². The van der Waals surface area contributed by atoms with Gasteiger partial charge in [0.15, 0.2) is 0 Å². The standard InChI is InChI=1S/C29H28O2/c1-30-26-16-20-8-3-5-12-22(20)28-24(26)14-18-10-7-11-19(18)15-25-27(31-2)17-21-9-4-6-13-23(21)29(25)28/h3-6,8-9,12-13,16-19H,7,10-11,14-15H2,1-2H3/t18-,19?/m0/s1. The summed E-state index contributed by atoms with van der Waals surface area (Å²) in [5.74, 6) is 3.47. The molecular formula is C29H28O2. The van der Waals surface area contributed by atoms with Gasteiger partial charge in [-0.05, 0) is 82.3 Å². The summed E-state index contributed by atoms with van der Waals surface area (Å²) in [5.41, 5.74) is 5.45. The Morgan fingerprint density at radius 2 is 1.10 bits per heavy atom. The molecule has 0 aliphatic heterocycles. The highest BCUT2D eigenvalue weighted by Gasteiger charge is 2.34. The van der Waals surface area contributed by atoms with Crippen molar-refractivity contribution in [2.24, 2.45) is 11.8 Å². The minimum absolute atomic E-state index is 0.707. The van der Waals surface area contributed by atoms with Gasteiger partial charge in [0.05, 0.1) is 14.2 Å². The summed E-state index contributed by atoms with van der Waals surface area (Å²) in [6.45, 7) is 0. The zero-order chi connectivity index (χ0) is 20.9. The van der Waals surface area contributed by atoms with Crippen molar-refractivity contribution in [2.75, 3.05) is 14.2 Å². The minimum atomic E-state index is 0.707. The molecule has 1 unspecified atom stereocenters. The van der Waals surface area contributed by atoms with Crippen LogP contribution in [0.15, 0.2) is 60.7 Å². The van der Waals surface area contributed by atoms with Crippen molar-refractivity contribution < 1.29 is 9.47 Å². The quantitative estimate of drug-likeness (QED) is 0.349. The molecule has 156 valence electrons. The average Bonchev–Trinajstić information content (AvgIpc) is 3.23. The molecule has 0 N–H and O–H groups in total. The van der Waals surface area contributed by atoms with Gasteiger partial charge in [0.1, 0.15) is 11.5 Å². The molecule has 0 bridgehead atoms. The predicted molar refractivity (Wildman–Crippen MR) is 128 cm³/mol. The largest absolute Gasteiger partial charge is 0.496 e. The first-order valence-electron chi connectivity index (χ1n) is 11.5. The van der Waals surface area contributed by atoms with E-state index in [9.17, 15) is 0 Å². The molecule has 1 fully saturated rings. The lowest BCUT2D eigenvalue weighted by Gasteiger charge is -2.30. The van der Waals surface area contributed by atoms with E-state index in [1.54, 1.807) is 0 Å². The van der Waals surface area contributed by atoms with Crippen molar-refractivity contribution in [3.05, 3.63) is 71.8 Å². The van der Waals surface area contributed by atoms with Gasteiger partial charge < -0.3 is 9.47 Å². The molecule has 2 atom stereocenters. The maximum Gasteiger partial charge on any atom is 0.123 e. The highest BCUT2D eigenvalue weighted by molar-refractivity contribution is 6.09. The molecule has 0 amide bonds. The molecule has 1 saturated carbocycles. The minimum Gasteiger partial charge on any atom is -0.496 e. The van der Waals surface area contributed by atoms with Crippen LogP contribution in [-0.4, -0.2) is 14.2 Å². The van der Waals surface area contributed by atoms with Crippen LogP contribution in [0.1, 0.15) is 30.4 Å². The molecule has 2 heteroatoms. The van der Waals surface area contributed by atoms with Crippen LogP contribution in [0, 0.1) is 11.8 Å². The molecule has 2 aliphatic carbocycles. The molecule has 0 spiro atoms. The van der Waals surface area contributed by atoms with Gasteiger partial charge in [-0.1, -0.05) is 55.0 Å². The second-order valence-electron chi connectivity index (χ2n) is 9.17. The first-order chi connectivity index (χ1) is 15.3. The van der Waals surface area contributed by atoms with Crippen LogP contribution in [0.25, 0.3) is 32.7 Å². The molecule has 2 aliphatic rings. The van der Waals surface area contributed by atoms with Crippen LogP contribution >= 0.6 is 0 Å². The Kier molecular flexibility index (Phi) is 4.41. The van der Waals surface area contributed by atoms with Crippen molar-refractivity contribution in [2.45, 2.75) is 32.1 Å². The predicted octanol–water partition coefficient (Wildman–Crippen LogP) is 7.19. The number of ether oxygens (including phenoxy) is 2. The number of hydrogen-bond donors (Lipinski definition) is 0. The molecule has 0 saturated heterocycles. The Bertz CT molecular complexity index is 1200. The van der Waals surface area contributed by atoms with Crippen molar-refractivity contribution in [3.8, 4) is 22.6 Å². The SMILES string of the molecule is COc1cc2ccccc2c2c1CC1CCC[C@H]1Cc1c(OC)cc3ccccc3c1-2. The molecule has 0 aromatic heterocycles. The number of rotatable bonds is 2. The molecule has 4 aromatic carbocycles. The molecule has 0 radical (unpaired) electrons. The molecular weight excluding hydrogens is 380 g/mol. The number of hydrogen-bond acceptors (Lipinski definition) is 2. The summed E-state index contributed by atoms with van der Waals surface area (Å²) in [5, 5.41) is 5.10. The maximum atomic E-state index is 6.02. The first-order valence-corrected chi connectivity index (χ1v) is 11.5. The summed E-state index contributed by atoms with van der Waals surface area (Å²) < 4.78 is 12.0. The van der Waals surface area contributed by atoms with E-state index in [1.807, 2.05) is 14.2 Å². The van der Waals surface area contributed by atoms with Crippen LogP contribution < -0.4 is 9.47 Å². The van der Waals surface area contributed by atoms with Crippen molar-refractivity contribution >= 4 is 21.5 Å². The van der Waals surface area contributed by atoms with Gasteiger partial charge in [-0.15, -0.1) is 0 Å². The van der Waals surface area contributed by atoms with Gasteiger partial charge in [-0.2, -0.15) is 0 Å². The number of benzene rings is 4. The monoisotopic (exact) mass is 408 g/mol. The summed E-state index contributed by atoms with van der Waals surface area (Å²) in [7, 11) is 3.64. The van der Waals surface area contributed by atoms with Crippen LogP contribution in [0.2, 0.25) is 0 Å². The highest BCUT2D eigenvalue weighted by atomic mass is 16.5. The fraction of sp³-hybridized carbons (Fsp3) is 0.310. The average molecular weight is 409 g/mol. The first kappa shape index (κ1) is 18.7. The van der Waals surface area contributed by atoms with Crippen LogP contribution in [-0.2, 0) is 12.8 Å². The van der Waals surface area contributed by atoms with Crippen molar-refractivity contribution in [3.63, 3.8) is 0 Å². The second-order valence-corrected chi connectivity index (χ2v) is 9.17. The van der Waals surface area contributed by atoms with Crippen LogP contribution in [0.3, 0.4) is 0 Å². The Balaban J connectivity index is 1.82.